The van der Waals surface area contributed by atoms with Crippen molar-refractivity contribution in [3.8, 4) is 0 Å². The molecule has 3 rings (SSSR count). The first-order valence-electron chi connectivity index (χ1n) is 8.21. The first-order chi connectivity index (χ1) is 10.0. The number of hydrogen-bond acceptors (Lipinski definition) is 5. The first kappa shape index (κ1) is 15.7. The molecular weight excluding hydrogens is 272 g/mol. The molecule has 0 spiro atoms. The van der Waals surface area contributed by atoms with Gasteiger partial charge in [0.2, 0.25) is 0 Å². The van der Waals surface area contributed by atoms with Crippen molar-refractivity contribution in [3.63, 3.8) is 0 Å². The summed E-state index contributed by atoms with van der Waals surface area (Å²) in [5.41, 5.74) is -0.601. The Labute approximate surface area is 126 Å². The van der Waals surface area contributed by atoms with Crippen LogP contribution in [-0.2, 0) is 19.2 Å². The van der Waals surface area contributed by atoms with E-state index in [9.17, 15) is 5.11 Å². The summed E-state index contributed by atoms with van der Waals surface area (Å²) in [5, 5.41) is 10.3. The Bertz CT molecular complexity index is 372. The van der Waals surface area contributed by atoms with Gasteiger partial charge in [-0.05, 0) is 44.4 Å². The Morgan fingerprint density at radius 1 is 1.00 bits per heavy atom. The van der Waals surface area contributed by atoms with E-state index in [0.717, 1.165) is 25.7 Å². The van der Waals surface area contributed by atoms with Gasteiger partial charge >= 0.3 is 0 Å². The van der Waals surface area contributed by atoms with Crippen LogP contribution in [0.2, 0.25) is 0 Å². The second-order valence-corrected chi connectivity index (χ2v) is 7.11. The van der Waals surface area contributed by atoms with E-state index in [0.29, 0.717) is 11.8 Å². The quantitative estimate of drug-likeness (QED) is 0.627. The van der Waals surface area contributed by atoms with Crippen LogP contribution in [0.25, 0.3) is 0 Å². The van der Waals surface area contributed by atoms with Gasteiger partial charge in [-0.3, -0.25) is 0 Å². The van der Waals surface area contributed by atoms with E-state index >= 15 is 0 Å². The van der Waals surface area contributed by atoms with Gasteiger partial charge in [-0.1, -0.05) is 13.8 Å². The van der Waals surface area contributed by atoms with Gasteiger partial charge < -0.3 is 14.6 Å². The predicted molar refractivity (Wildman–Crippen MR) is 76.0 cm³/mol. The van der Waals surface area contributed by atoms with Crippen molar-refractivity contribution in [2.45, 2.75) is 70.7 Å². The van der Waals surface area contributed by atoms with Crippen LogP contribution in [0.1, 0.15) is 46.5 Å². The van der Waals surface area contributed by atoms with E-state index in [2.05, 4.69) is 13.8 Å². The van der Waals surface area contributed by atoms with E-state index in [1.165, 1.54) is 0 Å². The molecule has 21 heavy (non-hydrogen) atoms. The molecule has 8 atom stereocenters. The Kier molecular flexibility index (Phi) is 4.32. The summed E-state index contributed by atoms with van der Waals surface area (Å²) in [5.74, 6) is 1.08. The third-order valence-electron chi connectivity index (χ3n) is 5.96. The maximum Gasteiger partial charge on any atom is 0.193 e. The second-order valence-electron chi connectivity index (χ2n) is 7.11. The lowest BCUT2D eigenvalue weighted by Crippen LogP contribution is -2.67. The van der Waals surface area contributed by atoms with Crippen molar-refractivity contribution in [2.24, 2.45) is 23.7 Å². The van der Waals surface area contributed by atoms with Crippen LogP contribution in [-0.4, -0.2) is 36.5 Å². The molecule has 0 amide bonds. The lowest BCUT2D eigenvalue weighted by molar-refractivity contribution is -0.465. The van der Waals surface area contributed by atoms with Crippen LogP contribution < -0.4 is 0 Å². The molecule has 122 valence electrons. The summed E-state index contributed by atoms with van der Waals surface area (Å²) >= 11 is 0. The lowest BCUT2D eigenvalue weighted by Gasteiger charge is -2.57. The number of rotatable bonds is 2. The third-order valence-corrected chi connectivity index (χ3v) is 5.96. The molecule has 0 radical (unpaired) electrons. The molecule has 3 fully saturated rings. The molecule has 2 heterocycles. The number of aliphatic hydroxyl groups excluding tert-OH is 1. The second kappa shape index (κ2) is 5.78. The van der Waals surface area contributed by atoms with Gasteiger partial charge in [-0.2, -0.15) is 0 Å². The van der Waals surface area contributed by atoms with Gasteiger partial charge in [0.1, 0.15) is 0 Å². The fourth-order valence-electron chi connectivity index (χ4n) is 4.82. The molecule has 2 saturated heterocycles. The molecule has 0 bridgehead atoms. The van der Waals surface area contributed by atoms with Crippen LogP contribution in [0, 0.1) is 23.7 Å². The summed E-state index contributed by atoms with van der Waals surface area (Å²) in [6.45, 7) is 6.38. The van der Waals surface area contributed by atoms with Gasteiger partial charge in [0.25, 0.3) is 0 Å². The molecular formula is C16H28O5. The Balaban J connectivity index is 2.05. The highest BCUT2D eigenvalue weighted by Gasteiger charge is 2.64. The van der Waals surface area contributed by atoms with E-state index in [4.69, 9.17) is 19.2 Å². The fraction of sp³-hybridized carbons (Fsp3) is 1.00. The number of aliphatic hydroxyl groups is 1. The molecule has 1 saturated carbocycles. The molecule has 5 nitrogen and oxygen atoms in total. The minimum atomic E-state index is -0.798. The highest BCUT2D eigenvalue weighted by Crippen LogP contribution is 2.56. The number of hydrogen-bond donors (Lipinski definition) is 1. The van der Waals surface area contributed by atoms with E-state index < -0.39 is 18.2 Å². The Morgan fingerprint density at radius 2 is 1.71 bits per heavy atom. The van der Waals surface area contributed by atoms with Crippen LogP contribution in [0.4, 0.5) is 0 Å². The predicted octanol–water partition coefficient (Wildman–Crippen LogP) is 2.48. The van der Waals surface area contributed by atoms with Gasteiger partial charge in [0, 0.05) is 11.8 Å². The van der Waals surface area contributed by atoms with Crippen LogP contribution in [0.5, 0.6) is 0 Å². The smallest absolute Gasteiger partial charge is 0.193 e. The Hall–Kier alpha value is -0.200. The fourth-order valence-corrected chi connectivity index (χ4v) is 4.82. The van der Waals surface area contributed by atoms with Crippen molar-refractivity contribution < 1.29 is 24.4 Å². The standard InChI is InChI=1S/C16H28O5/c1-9-5-7-13-11(3)14(17)20-15-16(13,21-18-4)12(9)8-6-10(2)19-15/h9-15,17H,5-8H2,1-4H3/t9-,10?,11-,12+,13+,14?,15+,16-/m1/s1. The summed E-state index contributed by atoms with van der Waals surface area (Å²) in [6.07, 6.45) is 2.95. The zero-order chi connectivity index (χ0) is 15.2. The molecule has 1 aliphatic carbocycles. The normalized spacial score (nSPS) is 53.9. The van der Waals surface area contributed by atoms with Crippen LogP contribution in [0.15, 0.2) is 0 Å². The summed E-state index contributed by atoms with van der Waals surface area (Å²) in [4.78, 5) is 11.1. The van der Waals surface area contributed by atoms with Crippen molar-refractivity contribution in [2.75, 3.05) is 7.11 Å². The summed E-state index contributed by atoms with van der Waals surface area (Å²) in [7, 11) is 1.55. The van der Waals surface area contributed by atoms with E-state index in [1.807, 2.05) is 6.92 Å². The van der Waals surface area contributed by atoms with E-state index in [1.54, 1.807) is 7.11 Å². The van der Waals surface area contributed by atoms with Gasteiger partial charge in [-0.15, -0.1) is 0 Å². The largest absolute Gasteiger partial charge is 0.368 e. The summed E-state index contributed by atoms with van der Waals surface area (Å²) in [6, 6.07) is 0. The van der Waals surface area contributed by atoms with Gasteiger partial charge in [-0.25, -0.2) is 9.78 Å². The summed E-state index contributed by atoms with van der Waals surface area (Å²) < 4.78 is 11.9. The average Bonchev–Trinajstić information content (AvgIpc) is 2.57. The Morgan fingerprint density at radius 3 is 2.43 bits per heavy atom. The highest BCUT2D eigenvalue weighted by molar-refractivity contribution is 5.07. The third kappa shape index (κ3) is 2.34. The van der Waals surface area contributed by atoms with Crippen molar-refractivity contribution >= 4 is 0 Å². The molecule has 3 aliphatic rings. The van der Waals surface area contributed by atoms with Crippen LogP contribution >= 0.6 is 0 Å². The topological polar surface area (TPSA) is 57.2 Å². The zero-order valence-corrected chi connectivity index (χ0v) is 13.5. The molecule has 5 heteroatoms. The van der Waals surface area contributed by atoms with E-state index in [-0.39, 0.29) is 17.9 Å². The maximum atomic E-state index is 10.3. The highest BCUT2D eigenvalue weighted by atomic mass is 17.2. The van der Waals surface area contributed by atoms with Crippen LogP contribution in [0.3, 0.4) is 0 Å². The average molecular weight is 300 g/mol. The zero-order valence-electron chi connectivity index (χ0n) is 13.5. The van der Waals surface area contributed by atoms with Crippen molar-refractivity contribution in [1.29, 1.82) is 0 Å². The first-order valence-corrected chi connectivity index (χ1v) is 8.21. The molecule has 0 aromatic rings. The van der Waals surface area contributed by atoms with Crippen molar-refractivity contribution in [3.05, 3.63) is 0 Å². The minimum absolute atomic E-state index is 0.0170. The van der Waals surface area contributed by atoms with Gasteiger partial charge in [0.05, 0.1) is 13.2 Å². The minimum Gasteiger partial charge on any atom is -0.368 e. The SMILES string of the molecule is COO[C@]12[C@H]3OC(C)CC[C@H]1[C@H](C)CC[C@H]2[C@@H](C)C(O)O3. The molecule has 2 unspecified atom stereocenters. The molecule has 0 aromatic heterocycles. The monoisotopic (exact) mass is 300 g/mol. The maximum absolute atomic E-state index is 10.3. The lowest BCUT2D eigenvalue weighted by atomic mass is 9.58. The number of ether oxygens (including phenoxy) is 2. The molecule has 0 aromatic carbocycles. The molecule has 1 N–H and O–H groups in total. The molecule has 2 aliphatic heterocycles. The van der Waals surface area contributed by atoms with Gasteiger partial charge in [0.15, 0.2) is 18.2 Å². The van der Waals surface area contributed by atoms with Crippen molar-refractivity contribution in [1.82, 2.24) is 0 Å².